The first-order valence-electron chi connectivity index (χ1n) is 5.59. The van der Waals surface area contributed by atoms with Crippen LogP contribution in [0.2, 0.25) is 0 Å². The van der Waals surface area contributed by atoms with Gasteiger partial charge in [0.25, 0.3) is 0 Å². The van der Waals surface area contributed by atoms with Crippen LogP contribution in [0.1, 0.15) is 36.0 Å². The molecule has 0 bridgehead atoms. The van der Waals surface area contributed by atoms with E-state index in [4.69, 9.17) is 9.52 Å². The van der Waals surface area contributed by atoms with Crippen LogP contribution in [0.25, 0.3) is 11.5 Å². The highest BCUT2D eigenvalue weighted by Crippen LogP contribution is 2.33. The number of hydrogen-bond acceptors (Lipinski definition) is 3. The fraction of sp³-hybridized carbons (Fsp3) is 0.231. The predicted molar refractivity (Wildman–Crippen MR) is 78.4 cm³/mol. The van der Waals surface area contributed by atoms with Crippen LogP contribution in [0.4, 0.5) is 0 Å². The lowest BCUT2D eigenvalue weighted by Crippen LogP contribution is -2.01. The van der Waals surface area contributed by atoms with Crippen LogP contribution >= 0.6 is 31.9 Å². The van der Waals surface area contributed by atoms with Gasteiger partial charge in [-0.05, 0) is 40.0 Å². The molecule has 0 radical (unpaired) electrons. The van der Waals surface area contributed by atoms with Gasteiger partial charge in [0, 0.05) is 8.95 Å². The molecule has 1 aromatic heterocycles. The van der Waals surface area contributed by atoms with E-state index >= 15 is 0 Å². The lowest BCUT2D eigenvalue weighted by atomic mass is 10.1. The van der Waals surface area contributed by atoms with Crippen molar-refractivity contribution in [3.63, 3.8) is 0 Å². The molecule has 0 saturated heterocycles. The van der Waals surface area contributed by atoms with Gasteiger partial charge in [-0.15, -0.1) is 0 Å². The Morgan fingerprint density at radius 3 is 2.53 bits per heavy atom. The Morgan fingerprint density at radius 2 is 2.05 bits per heavy atom. The minimum absolute atomic E-state index is 0.0159. The first kappa shape index (κ1) is 14.3. The highest BCUT2D eigenvalue weighted by molar-refractivity contribution is 9.11. The molecular weight excluding hydrogens is 378 g/mol. The molecule has 100 valence electrons. The quantitative estimate of drug-likeness (QED) is 0.828. The van der Waals surface area contributed by atoms with Crippen molar-refractivity contribution in [2.24, 2.45) is 0 Å². The van der Waals surface area contributed by atoms with Gasteiger partial charge >= 0.3 is 5.97 Å². The summed E-state index contributed by atoms with van der Waals surface area (Å²) in [5.41, 5.74) is 1.18. The number of carbonyl (C=O) groups is 1. The summed E-state index contributed by atoms with van der Waals surface area (Å²) >= 11 is 6.77. The standard InChI is InChI=1S/C13H11Br2NO3/c1-6(2)10-11(13(17)18)19-12(16-10)8-4-3-7(14)5-9(8)15/h3-6H,1-2H3,(H,17,18). The maximum atomic E-state index is 11.2. The number of aromatic nitrogens is 1. The van der Waals surface area contributed by atoms with Gasteiger partial charge in [-0.3, -0.25) is 0 Å². The van der Waals surface area contributed by atoms with E-state index < -0.39 is 5.97 Å². The Bertz CT molecular complexity index is 635. The lowest BCUT2D eigenvalue weighted by Gasteiger charge is -2.00. The monoisotopic (exact) mass is 387 g/mol. The van der Waals surface area contributed by atoms with Gasteiger partial charge in [-0.2, -0.15) is 0 Å². The molecule has 4 nitrogen and oxygen atoms in total. The van der Waals surface area contributed by atoms with Gasteiger partial charge in [0.05, 0.1) is 11.3 Å². The van der Waals surface area contributed by atoms with Crippen LogP contribution in [0, 0.1) is 0 Å². The van der Waals surface area contributed by atoms with Gasteiger partial charge < -0.3 is 9.52 Å². The third-order valence-electron chi connectivity index (χ3n) is 2.56. The van der Waals surface area contributed by atoms with E-state index in [9.17, 15) is 4.79 Å². The number of rotatable bonds is 3. The molecule has 0 unspecified atom stereocenters. The van der Waals surface area contributed by atoms with E-state index in [0.717, 1.165) is 14.5 Å². The van der Waals surface area contributed by atoms with Crippen molar-refractivity contribution in [2.45, 2.75) is 19.8 Å². The molecule has 0 saturated carbocycles. The summed E-state index contributed by atoms with van der Waals surface area (Å²) in [4.78, 5) is 15.5. The zero-order valence-electron chi connectivity index (χ0n) is 10.3. The van der Waals surface area contributed by atoms with Gasteiger partial charge in [0.15, 0.2) is 0 Å². The fourth-order valence-electron chi connectivity index (χ4n) is 1.65. The van der Waals surface area contributed by atoms with Gasteiger partial charge in [0.1, 0.15) is 0 Å². The molecule has 1 aromatic carbocycles. The normalized spacial score (nSPS) is 11.0. The largest absolute Gasteiger partial charge is 0.475 e. The van der Waals surface area contributed by atoms with Crippen molar-refractivity contribution in [2.75, 3.05) is 0 Å². The van der Waals surface area contributed by atoms with E-state index in [0.29, 0.717) is 11.6 Å². The van der Waals surface area contributed by atoms with Crippen LogP contribution in [0.5, 0.6) is 0 Å². The SMILES string of the molecule is CC(C)c1nc(-c2ccc(Br)cc2Br)oc1C(=O)O. The number of aromatic carboxylic acids is 1. The average Bonchev–Trinajstić information content (AvgIpc) is 2.73. The topological polar surface area (TPSA) is 63.3 Å². The van der Waals surface area contributed by atoms with Gasteiger partial charge in [-0.25, -0.2) is 9.78 Å². The van der Waals surface area contributed by atoms with Crippen LogP contribution < -0.4 is 0 Å². The second-order valence-electron chi connectivity index (χ2n) is 4.32. The van der Waals surface area contributed by atoms with E-state index in [-0.39, 0.29) is 11.7 Å². The average molecular weight is 389 g/mol. The molecule has 6 heteroatoms. The Hall–Kier alpha value is -1.14. The summed E-state index contributed by atoms with van der Waals surface area (Å²) in [6.45, 7) is 3.76. The zero-order valence-corrected chi connectivity index (χ0v) is 13.4. The smallest absolute Gasteiger partial charge is 0.373 e. The van der Waals surface area contributed by atoms with Crippen molar-refractivity contribution in [3.05, 3.63) is 38.6 Å². The Balaban J connectivity index is 2.57. The molecular formula is C13H11Br2NO3. The number of halogens is 2. The van der Waals surface area contributed by atoms with E-state index in [1.165, 1.54) is 0 Å². The minimum Gasteiger partial charge on any atom is -0.475 e. The molecule has 0 aliphatic rings. The number of oxazole rings is 1. The zero-order chi connectivity index (χ0) is 14.2. The summed E-state index contributed by atoms with van der Waals surface area (Å²) in [6.07, 6.45) is 0. The van der Waals surface area contributed by atoms with Gasteiger partial charge in [-0.1, -0.05) is 29.8 Å². The number of carboxylic acids is 1. The first-order valence-corrected chi connectivity index (χ1v) is 7.18. The Labute approximate surface area is 127 Å². The first-order chi connectivity index (χ1) is 8.90. The maximum absolute atomic E-state index is 11.2. The summed E-state index contributed by atoms with van der Waals surface area (Å²) in [6, 6.07) is 5.52. The van der Waals surface area contributed by atoms with Crippen LogP contribution in [-0.4, -0.2) is 16.1 Å². The molecule has 2 rings (SSSR count). The third kappa shape index (κ3) is 2.90. The van der Waals surface area contributed by atoms with Crippen molar-refractivity contribution in [1.29, 1.82) is 0 Å². The van der Waals surface area contributed by atoms with Crippen LogP contribution in [0.3, 0.4) is 0 Å². The van der Waals surface area contributed by atoms with Crippen molar-refractivity contribution in [3.8, 4) is 11.5 Å². The highest BCUT2D eigenvalue weighted by Gasteiger charge is 2.23. The second kappa shape index (κ2) is 5.46. The third-order valence-corrected chi connectivity index (χ3v) is 3.71. The minimum atomic E-state index is -1.10. The second-order valence-corrected chi connectivity index (χ2v) is 6.09. The molecule has 0 amide bonds. The molecule has 0 atom stereocenters. The van der Waals surface area contributed by atoms with Crippen LogP contribution in [-0.2, 0) is 0 Å². The molecule has 0 spiro atoms. The summed E-state index contributed by atoms with van der Waals surface area (Å²) in [7, 11) is 0. The predicted octanol–water partition coefficient (Wildman–Crippen LogP) is 4.69. The maximum Gasteiger partial charge on any atom is 0.373 e. The molecule has 19 heavy (non-hydrogen) atoms. The number of benzene rings is 1. The van der Waals surface area contributed by atoms with Crippen LogP contribution in [0.15, 0.2) is 31.6 Å². The molecule has 0 aliphatic carbocycles. The number of nitrogens with zero attached hydrogens (tertiary/aromatic N) is 1. The molecule has 1 N–H and O–H groups in total. The summed E-state index contributed by atoms with van der Waals surface area (Å²) < 4.78 is 7.09. The van der Waals surface area contributed by atoms with Crippen molar-refractivity contribution >= 4 is 37.8 Å². The fourth-order valence-corrected chi connectivity index (χ4v) is 2.87. The molecule has 2 aromatic rings. The van der Waals surface area contributed by atoms with Gasteiger partial charge in [0.2, 0.25) is 11.7 Å². The Kier molecular flexibility index (Phi) is 4.10. The Morgan fingerprint density at radius 1 is 1.37 bits per heavy atom. The van der Waals surface area contributed by atoms with E-state index in [1.807, 2.05) is 32.0 Å². The summed E-state index contributed by atoms with van der Waals surface area (Å²) in [5, 5.41) is 9.14. The molecule has 1 heterocycles. The lowest BCUT2D eigenvalue weighted by molar-refractivity contribution is 0.0661. The summed E-state index contributed by atoms with van der Waals surface area (Å²) in [5.74, 6) is -0.909. The molecule has 0 aliphatic heterocycles. The number of hydrogen-bond donors (Lipinski definition) is 1. The van der Waals surface area contributed by atoms with Crippen molar-refractivity contribution < 1.29 is 14.3 Å². The number of carboxylic acid groups (broad SMARTS) is 1. The van der Waals surface area contributed by atoms with Crippen molar-refractivity contribution in [1.82, 2.24) is 4.98 Å². The van der Waals surface area contributed by atoms with E-state index in [2.05, 4.69) is 36.8 Å². The van der Waals surface area contributed by atoms with E-state index in [1.54, 1.807) is 0 Å². The molecule has 0 fully saturated rings. The highest BCUT2D eigenvalue weighted by atomic mass is 79.9.